The Morgan fingerprint density at radius 1 is 0.897 bits per heavy atom. The minimum absolute atomic E-state index is 0.0778. The van der Waals surface area contributed by atoms with Gasteiger partial charge in [-0.05, 0) is 83.9 Å². The van der Waals surface area contributed by atoms with Gasteiger partial charge in [-0.25, -0.2) is 4.79 Å². The van der Waals surface area contributed by atoms with Gasteiger partial charge in [0, 0.05) is 16.8 Å². The summed E-state index contributed by atoms with van der Waals surface area (Å²) in [7, 11) is 0. The minimum Gasteiger partial charge on any atom is -0.507 e. The number of hydrogen-bond acceptors (Lipinski definition) is 5. The molecule has 39 heavy (non-hydrogen) atoms. The highest BCUT2D eigenvalue weighted by atomic mass is 16.6. The van der Waals surface area contributed by atoms with Crippen LogP contribution in [0.15, 0.2) is 60.7 Å². The molecule has 0 fully saturated rings. The van der Waals surface area contributed by atoms with Crippen molar-refractivity contribution in [1.82, 2.24) is 10.2 Å². The maximum absolute atomic E-state index is 14.0. The zero-order valence-electron chi connectivity index (χ0n) is 24.0. The Morgan fingerprint density at radius 2 is 1.54 bits per heavy atom. The van der Waals surface area contributed by atoms with Crippen molar-refractivity contribution in [3.8, 4) is 5.75 Å². The first-order chi connectivity index (χ1) is 18.1. The second-order valence-corrected chi connectivity index (χ2v) is 11.7. The fourth-order valence-corrected chi connectivity index (χ4v) is 4.38. The first-order valence-corrected chi connectivity index (χ1v) is 13.0. The summed E-state index contributed by atoms with van der Waals surface area (Å²) in [6.07, 6.45) is -0.743. The molecule has 0 aliphatic carbocycles. The number of benzene rings is 3. The molecule has 3 N–H and O–H groups in total. The van der Waals surface area contributed by atoms with Gasteiger partial charge in [-0.15, -0.1) is 0 Å². The van der Waals surface area contributed by atoms with Crippen LogP contribution in [-0.4, -0.2) is 45.1 Å². The average molecular weight is 534 g/mol. The van der Waals surface area contributed by atoms with Crippen LogP contribution in [0.5, 0.6) is 5.75 Å². The molecule has 0 aliphatic heterocycles. The third-order valence-corrected chi connectivity index (χ3v) is 6.15. The van der Waals surface area contributed by atoms with E-state index in [0.29, 0.717) is 11.3 Å². The number of anilines is 1. The predicted molar refractivity (Wildman–Crippen MR) is 154 cm³/mol. The average Bonchev–Trinajstić information content (AvgIpc) is 2.82. The number of nitrogens with zero attached hydrogens (tertiary/aromatic N) is 1. The van der Waals surface area contributed by atoms with E-state index in [1.54, 1.807) is 79.7 Å². The van der Waals surface area contributed by atoms with Crippen molar-refractivity contribution < 1.29 is 24.2 Å². The van der Waals surface area contributed by atoms with Gasteiger partial charge in [-0.2, -0.15) is 0 Å². The van der Waals surface area contributed by atoms with E-state index < -0.39 is 41.1 Å². The highest BCUT2D eigenvalue weighted by molar-refractivity contribution is 6.01. The molecule has 2 unspecified atom stereocenters. The quantitative estimate of drug-likeness (QED) is 0.356. The first kappa shape index (κ1) is 29.5. The van der Waals surface area contributed by atoms with E-state index in [1.807, 2.05) is 36.4 Å². The lowest BCUT2D eigenvalue weighted by atomic mass is 9.94. The molecule has 208 valence electrons. The van der Waals surface area contributed by atoms with Crippen molar-refractivity contribution in [1.29, 1.82) is 0 Å². The normalized spacial score (nSPS) is 13.3. The molecule has 8 nitrogen and oxygen atoms in total. The van der Waals surface area contributed by atoms with Crippen molar-refractivity contribution in [3.63, 3.8) is 0 Å². The highest BCUT2D eigenvalue weighted by Crippen LogP contribution is 2.36. The van der Waals surface area contributed by atoms with Crippen LogP contribution in [0.1, 0.15) is 65.6 Å². The molecule has 2 atom stereocenters. The van der Waals surface area contributed by atoms with E-state index in [2.05, 4.69) is 10.6 Å². The number of carbonyl (C=O) groups is 3. The standard InChI is InChI=1S/C31H39N3O5/c1-19-12-11-15-24(26(19)35)25(27(36)33-23-17-16-21-13-9-10-14-22(21)18-23)34(30(3,4)5)28(37)20(2)32-29(38)39-31(6,7)8/h9-18,20,25,35H,1-8H3,(H,32,38)(H,33,36). The van der Waals surface area contributed by atoms with Crippen molar-refractivity contribution >= 4 is 34.4 Å². The lowest BCUT2D eigenvalue weighted by Gasteiger charge is -2.42. The van der Waals surface area contributed by atoms with Gasteiger partial charge in [0.05, 0.1) is 0 Å². The Bertz CT molecular complexity index is 1370. The van der Waals surface area contributed by atoms with Gasteiger partial charge in [0.1, 0.15) is 23.4 Å². The molecule has 3 aromatic rings. The van der Waals surface area contributed by atoms with Crippen LogP contribution in [0.3, 0.4) is 0 Å². The Balaban J connectivity index is 2.04. The number of para-hydroxylation sites is 1. The number of rotatable bonds is 6. The minimum atomic E-state index is -1.20. The maximum Gasteiger partial charge on any atom is 0.408 e. The molecule has 8 heteroatoms. The fraction of sp³-hybridized carbons (Fsp3) is 0.387. The molecule has 0 aliphatic rings. The number of nitrogens with one attached hydrogen (secondary N) is 2. The monoisotopic (exact) mass is 533 g/mol. The summed E-state index contributed by atoms with van der Waals surface area (Å²) in [5, 5.41) is 18.5. The first-order valence-electron chi connectivity index (χ1n) is 13.0. The number of ether oxygens (including phenoxy) is 1. The number of phenols is 1. The topological polar surface area (TPSA) is 108 Å². The lowest BCUT2D eigenvalue weighted by Crippen LogP contribution is -2.57. The molecule has 3 rings (SSSR count). The molecule has 0 saturated carbocycles. The molecule has 3 aromatic carbocycles. The molecule has 0 aromatic heterocycles. The molecule has 0 heterocycles. The summed E-state index contributed by atoms with van der Waals surface area (Å²) in [5.74, 6) is -1.09. The number of amides is 3. The fourth-order valence-electron chi connectivity index (χ4n) is 4.38. The molecule has 0 radical (unpaired) electrons. The zero-order valence-corrected chi connectivity index (χ0v) is 24.0. The molecular weight excluding hydrogens is 494 g/mol. The summed E-state index contributed by atoms with van der Waals surface area (Å²) >= 11 is 0. The van der Waals surface area contributed by atoms with E-state index in [4.69, 9.17) is 4.74 Å². The number of carbonyl (C=O) groups excluding carboxylic acids is 3. The van der Waals surface area contributed by atoms with Crippen LogP contribution in [0.2, 0.25) is 0 Å². The molecular formula is C31H39N3O5. The smallest absolute Gasteiger partial charge is 0.408 e. The third kappa shape index (κ3) is 7.28. The second-order valence-electron chi connectivity index (χ2n) is 11.7. The Labute approximate surface area is 230 Å². The zero-order chi connectivity index (χ0) is 29.1. The SMILES string of the molecule is Cc1cccc(C(C(=O)Nc2ccc3ccccc3c2)N(C(=O)C(C)NC(=O)OC(C)(C)C)C(C)(C)C)c1O. The van der Waals surface area contributed by atoms with Gasteiger partial charge in [0.15, 0.2) is 0 Å². The van der Waals surface area contributed by atoms with E-state index >= 15 is 0 Å². The highest BCUT2D eigenvalue weighted by Gasteiger charge is 2.42. The molecule has 3 amide bonds. The van der Waals surface area contributed by atoms with Crippen molar-refractivity contribution in [3.05, 3.63) is 71.8 Å². The Kier molecular flexibility index (Phi) is 8.58. The van der Waals surface area contributed by atoms with Crippen LogP contribution >= 0.6 is 0 Å². The van der Waals surface area contributed by atoms with Gasteiger partial charge in [0.2, 0.25) is 5.91 Å². The Hall–Kier alpha value is -4.07. The number of aryl methyl sites for hydroxylation is 1. The molecule has 0 spiro atoms. The molecule has 0 saturated heterocycles. The predicted octanol–water partition coefficient (Wildman–Crippen LogP) is 6.07. The number of hydrogen-bond donors (Lipinski definition) is 3. The lowest BCUT2D eigenvalue weighted by molar-refractivity contribution is -0.146. The van der Waals surface area contributed by atoms with Crippen LogP contribution in [0.25, 0.3) is 10.8 Å². The van der Waals surface area contributed by atoms with Crippen LogP contribution < -0.4 is 10.6 Å². The van der Waals surface area contributed by atoms with Crippen LogP contribution in [-0.2, 0) is 14.3 Å². The van der Waals surface area contributed by atoms with Gasteiger partial charge < -0.3 is 25.4 Å². The van der Waals surface area contributed by atoms with E-state index in [0.717, 1.165) is 10.8 Å². The summed E-state index contributed by atoms with van der Waals surface area (Å²) in [6, 6.07) is 16.2. The summed E-state index contributed by atoms with van der Waals surface area (Å²) < 4.78 is 5.33. The van der Waals surface area contributed by atoms with Gasteiger partial charge >= 0.3 is 6.09 Å². The third-order valence-electron chi connectivity index (χ3n) is 6.15. The maximum atomic E-state index is 14.0. The summed E-state index contributed by atoms with van der Waals surface area (Å²) in [6.45, 7) is 13.9. The number of aromatic hydroxyl groups is 1. The van der Waals surface area contributed by atoms with E-state index in [9.17, 15) is 19.5 Å². The summed E-state index contributed by atoms with van der Waals surface area (Å²) in [4.78, 5) is 41.8. The second kappa shape index (κ2) is 11.4. The van der Waals surface area contributed by atoms with Crippen molar-refractivity contribution in [2.45, 2.75) is 78.6 Å². The Morgan fingerprint density at radius 3 is 2.15 bits per heavy atom. The summed E-state index contributed by atoms with van der Waals surface area (Å²) in [5.41, 5.74) is -0.218. The van der Waals surface area contributed by atoms with Gasteiger partial charge in [-0.1, -0.05) is 48.5 Å². The number of alkyl carbamates (subject to hydrolysis) is 1. The van der Waals surface area contributed by atoms with Crippen molar-refractivity contribution in [2.75, 3.05) is 5.32 Å². The largest absolute Gasteiger partial charge is 0.507 e. The number of fused-ring (bicyclic) bond motifs is 1. The van der Waals surface area contributed by atoms with Gasteiger partial charge in [0.25, 0.3) is 5.91 Å². The number of phenolic OH excluding ortho intramolecular Hbond substituents is 1. The van der Waals surface area contributed by atoms with Crippen LogP contribution in [0.4, 0.5) is 10.5 Å². The van der Waals surface area contributed by atoms with E-state index in [1.165, 1.54) is 4.90 Å². The van der Waals surface area contributed by atoms with E-state index in [-0.39, 0.29) is 11.3 Å². The van der Waals surface area contributed by atoms with Gasteiger partial charge in [-0.3, -0.25) is 9.59 Å². The van der Waals surface area contributed by atoms with Crippen molar-refractivity contribution in [2.24, 2.45) is 0 Å². The molecule has 0 bridgehead atoms. The van der Waals surface area contributed by atoms with Crippen LogP contribution in [0, 0.1) is 6.92 Å².